The van der Waals surface area contributed by atoms with E-state index < -0.39 is 81.1 Å². The standard InChI is InChI=1S/2C24H25O2S.2C10H9F2NO7S.C6H15N/c2*1-4-25-15-16-26-24-19(2)17-23(18-20(24)3)27(21-11-7-5-8-12-21)22-13-9-6-10-14-22;2*11-10(12,21(16,17)18)9(15)20-6-5-19-8(14)7-1-3-13-4-2-7;1-4-7(5-2)6-3/h2*4-14,17-18H,1,15-16H2,2-3H3;2*1-4H,5-6H2,(H,16,17,18);4-6H2,1-3H3/q2*+1;;;/p-1. The number of esters is 4. The average molecular weight is 1510 g/mol. The number of carbonyl (C=O) groups excluding carboxylic acids is 4. The second-order valence-electron chi connectivity index (χ2n) is 21.2. The molecule has 0 aliphatic rings. The topological polar surface area (TPSA) is 287 Å². The van der Waals surface area contributed by atoms with Crippen LogP contribution in [0.1, 0.15) is 63.7 Å². The molecule has 0 atom stereocenters. The maximum absolute atomic E-state index is 12.7. The van der Waals surface area contributed by atoms with E-state index in [1.54, 1.807) is 4.90 Å². The number of aromatic nitrogens is 2. The number of halogens is 4. The first-order valence-electron chi connectivity index (χ1n) is 31.7. The van der Waals surface area contributed by atoms with Crippen LogP contribution >= 0.6 is 0 Å². The molecule has 21 nitrogen and oxygen atoms in total. The van der Waals surface area contributed by atoms with Gasteiger partial charge in [-0.15, -0.1) is 0 Å². The van der Waals surface area contributed by atoms with Crippen molar-refractivity contribution in [3.63, 3.8) is 0 Å². The Morgan fingerprint density at radius 1 is 0.427 bits per heavy atom. The molecule has 2 aromatic heterocycles. The predicted octanol–water partition coefficient (Wildman–Crippen LogP) is 11.6. The van der Waals surface area contributed by atoms with Crippen LogP contribution in [0, 0.1) is 27.7 Å². The van der Waals surface area contributed by atoms with Crippen molar-refractivity contribution in [2.24, 2.45) is 0 Å². The Morgan fingerprint density at radius 2 is 0.689 bits per heavy atom. The van der Waals surface area contributed by atoms with Gasteiger partial charge in [0.1, 0.15) is 64.4 Å². The maximum atomic E-state index is 12.7. The molecule has 2 heterocycles. The number of hydrogen-bond donors (Lipinski definition) is 1. The van der Waals surface area contributed by atoms with Crippen molar-refractivity contribution in [3.8, 4) is 11.5 Å². The van der Waals surface area contributed by atoms with Gasteiger partial charge in [0.05, 0.1) is 65.1 Å². The maximum Gasteiger partial charge on any atom is 0.428 e. The highest BCUT2D eigenvalue weighted by Gasteiger charge is 2.49. The van der Waals surface area contributed by atoms with E-state index in [1.165, 1.54) is 111 Å². The van der Waals surface area contributed by atoms with Crippen molar-refractivity contribution in [1.82, 2.24) is 9.97 Å². The van der Waals surface area contributed by atoms with Crippen LogP contribution in [-0.4, -0.2) is 143 Å². The molecule has 0 aliphatic carbocycles. The van der Waals surface area contributed by atoms with E-state index in [4.69, 9.17) is 18.9 Å². The molecular weight excluding hydrogens is 1420 g/mol. The lowest BCUT2D eigenvalue weighted by molar-refractivity contribution is -0.894. The number of aryl methyl sites for hydroxylation is 4. The normalized spacial score (nSPS) is 11.1. The van der Waals surface area contributed by atoms with Gasteiger partial charge >= 0.3 is 34.4 Å². The molecule has 0 radical (unpaired) electrons. The first-order valence-corrected chi connectivity index (χ1v) is 36.9. The van der Waals surface area contributed by atoms with Crippen molar-refractivity contribution in [2.45, 2.75) is 88.3 Å². The van der Waals surface area contributed by atoms with Gasteiger partial charge < -0.3 is 51.9 Å². The average Bonchev–Trinajstić information content (AvgIpc) is 0.810. The summed E-state index contributed by atoms with van der Waals surface area (Å²) in [6.45, 7) is 25.2. The number of benzene rings is 6. The number of pyridine rings is 2. The van der Waals surface area contributed by atoms with Crippen LogP contribution in [0.4, 0.5) is 17.6 Å². The zero-order valence-corrected chi connectivity index (χ0v) is 61.0. The summed E-state index contributed by atoms with van der Waals surface area (Å²) in [5.41, 5.74) is 4.84. The number of alkyl halides is 4. The van der Waals surface area contributed by atoms with E-state index in [0.717, 1.165) is 33.8 Å². The van der Waals surface area contributed by atoms with Crippen molar-refractivity contribution < 1.29 is 105 Å². The SMILES string of the molecule is C=COCCOc1c(C)cc([S+](c2ccccc2)c2ccccc2)cc1C.C=COCCOc1c(C)cc([S+](c2ccccc2)c2ccccc2)cc1C.CC[NH+](CC)CC.O=C(OCCOC(=O)C(F)(F)S(=O)(=O)[O-])c1ccncc1.O=C(OCCOC(=O)C(F)(F)S(=O)(=O)[O-])c1ccncc1. The minimum Gasteiger partial charge on any atom is -0.743 e. The molecule has 0 aliphatic heterocycles. The lowest BCUT2D eigenvalue weighted by Gasteiger charge is -2.17. The Bertz CT molecular complexity index is 3770. The van der Waals surface area contributed by atoms with Crippen LogP contribution in [0.25, 0.3) is 0 Å². The Balaban J connectivity index is 0.000000284. The molecule has 0 bridgehead atoms. The molecule has 6 aromatic carbocycles. The molecule has 29 heteroatoms. The van der Waals surface area contributed by atoms with Crippen molar-refractivity contribution >= 4 is 65.9 Å². The zero-order chi connectivity index (χ0) is 76.0. The summed E-state index contributed by atoms with van der Waals surface area (Å²) in [6.07, 6.45) is 8.15. The van der Waals surface area contributed by atoms with E-state index in [0.29, 0.717) is 26.4 Å². The Morgan fingerprint density at radius 3 is 0.922 bits per heavy atom. The van der Waals surface area contributed by atoms with Crippen LogP contribution in [0.2, 0.25) is 0 Å². The predicted molar refractivity (Wildman–Crippen MR) is 378 cm³/mol. The minimum atomic E-state index is -6.17. The zero-order valence-electron chi connectivity index (χ0n) is 57.7. The fourth-order valence-electron chi connectivity index (χ4n) is 8.91. The quantitative estimate of drug-likeness (QED) is 0.00803. The van der Waals surface area contributed by atoms with Crippen LogP contribution in [0.15, 0.2) is 250 Å². The second-order valence-corrected chi connectivity index (χ2v) is 28.1. The summed E-state index contributed by atoms with van der Waals surface area (Å²) >= 11 is 0. The lowest BCUT2D eigenvalue weighted by Crippen LogP contribution is -3.11. The number of nitrogens with one attached hydrogen (secondary N) is 1. The summed E-state index contributed by atoms with van der Waals surface area (Å²) in [5.74, 6) is -4.82. The Hall–Kier alpha value is -9.62. The molecule has 8 aromatic rings. The second kappa shape index (κ2) is 44.0. The molecule has 8 rings (SSSR count). The molecule has 1 N–H and O–H groups in total. The van der Waals surface area contributed by atoms with Crippen molar-refractivity contribution in [3.05, 3.63) is 254 Å². The molecular formula is C74H82F4N3O18S4+. The van der Waals surface area contributed by atoms with Gasteiger partial charge in [0, 0.05) is 49.1 Å². The van der Waals surface area contributed by atoms with Gasteiger partial charge in [0.25, 0.3) is 0 Å². The van der Waals surface area contributed by atoms with Gasteiger partial charge in [-0.1, -0.05) is 86.0 Å². The summed E-state index contributed by atoms with van der Waals surface area (Å²) in [5, 5.41) is -10.4. The fraction of sp³-hybridized carbons (Fsp3) is 0.270. The highest BCUT2D eigenvalue weighted by atomic mass is 32.2. The molecule has 0 amide bonds. The van der Waals surface area contributed by atoms with Gasteiger partial charge in [0.2, 0.25) is 0 Å². The van der Waals surface area contributed by atoms with Crippen LogP contribution in [-0.2, 0) is 80.0 Å². The Kier molecular flexibility index (Phi) is 36.7. The van der Waals surface area contributed by atoms with Crippen LogP contribution < -0.4 is 14.4 Å². The van der Waals surface area contributed by atoms with Crippen LogP contribution in [0.5, 0.6) is 11.5 Å². The first kappa shape index (κ1) is 85.8. The van der Waals surface area contributed by atoms with Crippen LogP contribution in [0.3, 0.4) is 0 Å². The summed E-state index contributed by atoms with van der Waals surface area (Å²) in [7, 11) is -12.6. The van der Waals surface area contributed by atoms with E-state index in [2.05, 4.69) is 236 Å². The highest BCUT2D eigenvalue weighted by Crippen LogP contribution is 2.37. The van der Waals surface area contributed by atoms with Crippen molar-refractivity contribution in [1.29, 1.82) is 0 Å². The van der Waals surface area contributed by atoms with Gasteiger partial charge in [-0.2, -0.15) is 17.6 Å². The molecule has 0 saturated heterocycles. The summed E-state index contributed by atoms with van der Waals surface area (Å²) in [4.78, 5) is 61.0. The smallest absolute Gasteiger partial charge is 0.428 e. The number of nitrogens with zero attached hydrogens (tertiary/aromatic N) is 2. The first-order chi connectivity index (χ1) is 49.1. The number of quaternary nitrogens is 1. The van der Waals surface area contributed by atoms with E-state index >= 15 is 0 Å². The van der Waals surface area contributed by atoms with Gasteiger partial charge in [0.15, 0.2) is 49.6 Å². The molecule has 0 saturated carbocycles. The third-order valence-electron chi connectivity index (χ3n) is 13.9. The Labute approximate surface area is 604 Å². The van der Waals surface area contributed by atoms with Crippen molar-refractivity contribution in [2.75, 3.05) is 72.5 Å². The third kappa shape index (κ3) is 27.9. The molecule has 552 valence electrons. The summed E-state index contributed by atoms with van der Waals surface area (Å²) < 4.78 is 151. The van der Waals surface area contributed by atoms with E-state index in [-0.39, 0.29) is 32.9 Å². The number of ether oxygens (including phenoxy) is 8. The number of rotatable bonds is 31. The fourth-order valence-corrected chi connectivity index (χ4v) is 14.0. The third-order valence-corrected chi connectivity index (χ3v) is 19.9. The van der Waals surface area contributed by atoms with E-state index in [1.807, 2.05) is 0 Å². The molecule has 0 fully saturated rings. The van der Waals surface area contributed by atoms with Gasteiger partial charge in [-0.25, -0.2) is 36.0 Å². The molecule has 0 unspecified atom stereocenters. The molecule has 103 heavy (non-hydrogen) atoms. The van der Waals surface area contributed by atoms with Gasteiger partial charge in [-0.3, -0.25) is 9.97 Å². The minimum absolute atomic E-state index is 0.129. The van der Waals surface area contributed by atoms with E-state index in [9.17, 15) is 62.7 Å². The number of carbonyl (C=O) groups is 4. The highest BCUT2D eigenvalue weighted by molar-refractivity contribution is 7.97. The lowest BCUT2D eigenvalue weighted by atomic mass is 10.1. The number of hydrogen-bond acceptors (Lipinski definition) is 20. The monoisotopic (exact) mass is 1500 g/mol. The molecule has 0 spiro atoms. The largest absolute Gasteiger partial charge is 0.743 e. The van der Waals surface area contributed by atoms with Gasteiger partial charge in [-0.05, 0) is 144 Å². The summed E-state index contributed by atoms with van der Waals surface area (Å²) in [6, 6.07) is 57.1.